The van der Waals surface area contributed by atoms with Gasteiger partial charge in [0.25, 0.3) is 0 Å². The molecule has 0 radical (unpaired) electrons. The number of hydrogen-bond acceptors (Lipinski definition) is 4. The van der Waals surface area contributed by atoms with Crippen molar-refractivity contribution in [1.29, 1.82) is 0 Å². The van der Waals surface area contributed by atoms with Gasteiger partial charge in [-0.2, -0.15) is 0 Å². The molecular formula is C11H13N3O2Se. The summed E-state index contributed by atoms with van der Waals surface area (Å²) < 4.78 is 13.7. The zero-order valence-electron chi connectivity index (χ0n) is 9.47. The summed E-state index contributed by atoms with van der Waals surface area (Å²) in [5.41, 5.74) is 2.37. The Hall–Kier alpha value is -1.23. The van der Waals surface area contributed by atoms with Crippen LogP contribution in [0.5, 0.6) is 0 Å². The van der Waals surface area contributed by atoms with Gasteiger partial charge in [0.05, 0.1) is 0 Å². The van der Waals surface area contributed by atoms with E-state index in [2.05, 4.69) is 13.2 Å². The van der Waals surface area contributed by atoms with Crippen molar-refractivity contribution in [2.24, 2.45) is 7.92 Å². The standard InChI is InChI=1S/C11H13N3O2Se/c1-2-6-16-7-10(15)12-8-4-3-5-9-11(8)14-17-13-9/h3-5H,2,6-7H2,1H3,(H,12,15). The quantitative estimate of drug-likeness (QED) is 0.680. The van der Waals surface area contributed by atoms with Crippen LogP contribution in [0.3, 0.4) is 0 Å². The number of benzene rings is 1. The number of ether oxygens (including phenoxy) is 1. The zero-order chi connectivity index (χ0) is 12.1. The summed E-state index contributed by atoms with van der Waals surface area (Å²) in [7, 11) is 0. The van der Waals surface area contributed by atoms with Gasteiger partial charge in [-0.15, -0.1) is 0 Å². The number of amides is 1. The van der Waals surface area contributed by atoms with E-state index in [-0.39, 0.29) is 27.1 Å². The summed E-state index contributed by atoms with van der Waals surface area (Å²) in [6.07, 6.45) is 0.907. The molecule has 1 aliphatic heterocycles. The molecule has 0 atom stereocenters. The first-order valence-corrected chi connectivity index (χ1v) is 6.93. The van der Waals surface area contributed by atoms with Crippen LogP contribution in [0.15, 0.2) is 26.1 Å². The molecule has 1 N–H and O–H groups in total. The first kappa shape index (κ1) is 12.2. The molecule has 0 saturated carbocycles. The van der Waals surface area contributed by atoms with Crippen LogP contribution in [0.2, 0.25) is 0 Å². The number of fused-ring (bicyclic) bond motifs is 1. The third kappa shape index (κ3) is 3.12. The Labute approximate surface area is 105 Å². The molecule has 0 aliphatic carbocycles. The Balaban J connectivity index is 1.98. The number of nitrogens with one attached hydrogen (secondary N) is 1. The van der Waals surface area contributed by atoms with Gasteiger partial charge in [0.1, 0.15) is 0 Å². The number of carbonyl (C=O) groups is 1. The fourth-order valence-electron chi connectivity index (χ4n) is 1.40. The molecule has 1 amide bonds. The third-order valence-electron chi connectivity index (χ3n) is 2.14. The molecule has 0 fully saturated rings. The molecule has 5 nitrogen and oxygen atoms in total. The summed E-state index contributed by atoms with van der Waals surface area (Å²) in [4.78, 5) is 11.6. The molecule has 1 aromatic rings. The van der Waals surface area contributed by atoms with Gasteiger partial charge in [-0.1, -0.05) is 0 Å². The SMILES string of the molecule is CCCOCC(=O)Nc1cccc2c1N=[Se]=N2. The van der Waals surface area contributed by atoms with Gasteiger partial charge in [-0.05, 0) is 0 Å². The van der Waals surface area contributed by atoms with Crippen molar-refractivity contribution < 1.29 is 9.53 Å². The summed E-state index contributed by atoms with van der Waals surface area (Å²) in [5.74, 6) is -0.151. The summed E-state index contributed by atoms with van der Waals surface area (Å²) in [6.45, 7) is 2.69. The van der Waals surface area contributed by atoms with Gasteiger partial charge in [-0.3, -0.25) is 0 Å². The van der Waals surface area contributed by atoms with Crippen LogP contribution in [-0.2, 0) is 9.53 Å². The van der Waals surface area contributed by atoms with Gasteiger partial charge in [-0.25, -0.2) is 0 Å². The predicted molar refractivity (Wildman–Crippen MR) is 66.1 cm³/mol. The molecule has 0 spiro atoms. The van der Waals surface area contributed by atoms with E-state index < -0.39 is 0 Å². The van der Waals surface area contributed by atoms with Crippen molar-refractivity contribution in [3.05, 3.63) is 18.2 Å². The molecule has 0 unspecified atom stereocenters. The van der Waals surface area contributed by atoms with E-state index in [4.69, 9.17) is 4.74 Å². The third-order valence-corrected chi connectivity index (χ3v) is 3.28. The molecular weight excluding hydrogens is 285 g/mol. The van der Waals surface area contributed by atoms with Crippen molar-refractivity contribution in [2.45, 2.75) is 13.3 Å². The Morgan fingerprint density at radius 1 is 1.47 bits per heavy atom. The zero-order valence-corrected chi connectivity index (χ0v) is 11.2. The number of rotatable bonds is 5. The Kier molecular flexibility index (Phi) is 4.25. The fraction of sp³-hybridized carbons (Fsp3) is 0.364. The van der Waals surface area contributed by atoms with Crippen molar-refractivity contribution in [3.8, 4) is 0 Å². The van der Waals surface area contributed by atoms with Crippen molar-refractivity contribution in [2.75, 3.05) is 18.5 Å². The van der Waals surface area contributed by atoms with Crippen molar-refractivity contribution in [1.82, 2.24) is 0 Å². The average molecular weight is 298 g/mol. The van der Waals surface area contributed by atoms with E-state index in [1.807, 2.05) is 25.1 Å². The van der Waals surface area contributed by atoms with Crippen molar-refractivity contribution >= 4 is 37.5 Å². The van der Waals surface area contributed by atoms with Crippen LogP contribution in [0.4, 0.5) is 17.1 Å². The Morgan fingerprint density at radius 3 is 3.18 bits per heavy atom. The van der Waals surface area contributed by atoms with Gasteiger partial charge in [0, 0.05) is 0 Å². The van der Waals surface area contributed by atoms with E-state index >= 15 is 0 Å². The average Bonchev–Trinajstić information content (AvgIpc) is 2.78. The first-order chi connectivity index (χ1) is 8.31. The van der Waals surface area contributed by atoms with E-state index in [9.17, 15) is 4.79 Å². The Morgan fingerprint density at radius 2 is 2.35 bits per heavy atom. The monoisotopic (exact) mass is 299 g/mol. The van der Waals surface area contributed by atoms with Crippen molar-refractivity contribution in [3.63, 3.8) is 0 Å². The van der Waals surface area contributed by atoms with Crippen LogP contribution < -0.4 is 5.32 Å². The topological polar surface area (TPSA) is 63.0 Å². The van der Waals surface area contributed by atoms with Crippen LogP contribution >= 0.6 is 0 Å². The molecule has 1 aromatic carbocycles. The minimum atomic E-state index is -0.151. The molecule has 2 rings (SSSR count). The molecule has 1 aliphatic rings. The molecule has 0 saturated heterocycles. The fourth-order valence-corrected chi connectivity index (χ4v) is 2.56. The molecule has 1 heterocycles. The van der Waals surface area contributed by atoms with Crippen LogP contribution in [0.1, 0.15) is 13.3 Å². The van der Waals surface area contributed by atoms with E-state index in [1.54, 1.807) is 0 Å². The van der Waals surface area contributed by atoms with E-state index in [0.717, 1.165) is 23.5 Å². The van der Waals surface area contributed by atoms with Crippen LogP contribution in [-0.4, -0.2) is 33.7 Å². The number of carbonyl (C=O) groups excluding carboxylic acids is 1. The predicted octanol–water partition coefficient (Wildman–Crippen LogP) is 2.40. The second-order valence-electron chi connectivity index (χ2n) is 3.54. The molecule has 6 heteroatoms. The van der Waals surface area contributed by atoms with Gasteiger partial charge in [0.2, 0.25) is 0 Å². The second kappa shape index (κ2) is 5.91. The summed E-state index contributed by atoms with van der Waals surface area (Å²) in [6, 6.07) is 5.59. The first-order valence-electron chi connectivity index (χ1n) is 5.40. The normalized spacial score (nSPS) is 12.1. The van der Waals surface area contributed by atoms with E-state index in [0.29, 0.717) is 6.61 Å². The maximum atomic E-state index is 11.6. The number of anilines is 1. The molecule has 90 valence electrons. The molecule has 0 aromatic heterocycles. The number of nitrogens with zero attached hydrogens (tertiary/aromatic N) is 2. The van der Waals surface area contributed by atoms with Gasteiger partial charge in [0.15, 0.2) is 0 Å². The number of hydrogen-bond donors (Lipinski definition) is 1. The van der Waals surface area contributed by atoms with Gasteiger partial charge < -0.3 is 0 Å². The van der Waals surface area contributed by atoms with E-state index in [1.165, 1.54) is 0 Å². The molecule has 17 heavy (non-hydrogen) atoms. The maximum absolute atomic E-state index is 11.6. The second-order valence-corrected chi connectivity index (χ2v) is 4.65. The van der Waals surface area contributed by atoms with Gasteiger partial charge >= 0.3 is 105 Å². The van der Waals surface area contributed by atoms with Crippen LogP contribution in [0, 0.1) is 0 Å². The summed E-state index contributed by atoms with van der Waals surface area (Å²) in [5, 5.41) is 2.79. The minimum absolute atomic E-state index is 0.0815. The van der Waals surface area contributed by atoms with Crippen LogP contribution in [0.25, 0.3) is 0 Å². The molecule has 0 bridgehead atoms. The summed E-state index contributed by atoms with van der Waals surface area (Å²) >= 11 is -0.0815. The Bertz CT molecular complexity index is 495.